The van der Waals surface area contributed by atoms with Crippen LogP contribution in [0.4, 0.5) is 5.69 Å². The third kappa shape index (κ3) is 4.72. The normalized spacial score (nSPS) is 11.8. The minimum Gasteiger partial charge on any atom is -0.495 e. The zero-order valence-electron chi connectivity index (χ0n) is 11.6. The highest BCUT2D eigenvalue weighted by molar-refractivity contribution is 7.89. The maximum atomic E-state index is 12.0. The summed E-state index contributed by atoms with van der Waals surface area (Å²) in [5.41, 5.74) is 6.02. The van der Waals surface area contributed by atoms with Crippen LogP contribution in [0, 0.1) is 5.92 Å². The minimum absolute atomic E-state index is 0.162. The molecule has 3 N–H and O–H groups in total. The van der Waals surface area contributed by atoms with Crippen LogP contribution in [-0.4, -0.2) is 22.1 Å². The molecular weight excluding hydrogens is 264 g/mol. The molecule has 6 heteroatoms. The molecule has 5 nitrogen and oxygen atoms in total. The van der Waals surface area contributed by atoms with Gasteiger partial charge in [-0.05, 0) is 37.0 Å². The van der Waals surface area contributed by atoms with Gasteiger partial charge in [0.05, 0.1) is 17.7 Å². The van der Waals surface area contributed by atoms with E-state index < -0.39 is 10.0 Å². The summed E-state index contributed by atoms with van der Waals surface area (Å²) < 4.78 is 31.6. The molecule has 0 heterocycles. The highest BCUT2D eigenvalue weighted by Gasteiger charge is 2.15. The molecule has 0 aliphatic rings. The molecule has 0 saturated heterocycles. The second-order valence-corrected chi connectivity index (χ2v) is 6.60. The van der Waals surface area contributed by atoms with Crippen molar-refractivity contribution in [3.63, 3.8) is 0 Å². The fourth-order valence-electron chi connectivity index (χ4n) is 1.68. The fourth-order valence-corrected chi connectivity index (χ4v) is 2.79. The summed E-state index contributed by atoms with van der Waals surface area (Å²) in [4.78, 5) is 0.162. The van der Waals surface area contributed by atoms with Crippen molar-refractivity contribution in [3.8, 4) is 5.75 Å². The van der Waals surface area contributed by atoms with Gasteiger partial charge in [0, 0.05) is 6.54 Å². The van der Waals surface area contributed by atoms with Gasteiger partial charge in [-0.3, -0.25) is 0 Å². The smallest absolute Gasteiger partial charge is 0.240 e. The zero-order valence-corrected chi connectivity index (χ0v) is 12.5. The van der Waals surface area contributed by atoms with Gasteiger partial charge in [-0.1, -0.05) is 13.8 Å². The number of benzene rings is 1. The highest BCUT2D eigenvalue weighted by atomic mass is 32.2. The predicted molar refractivity (Wildman–Crippen MR) is 76.7 cm³/mol. The second-order valence-electron chi connectivity index (χ2n) is 4.84. The summed E-state index contributed by atoms with van der Waals surface area (Å²) >= 11 is 0. The molecule has 0 unspecified atom stereocenters. The number of ether oxygens (including phenoxy) is 1. The van der Waals surface area contributed by atoms with Crippen molar-refractivity contribution in [1.82, 2.24) is 4.72 Å². The van der Waals surface area contributed by atoms with Gasteiger partial charge in [-0.15, -0.1) is 0 Å². The molecule has 0 aliphatic carbocycles. The van der Waals surface area contributed by atoms with E-state index in [1.807, 2.05) is 0 Å². The molecule has 0 aliphatic heterocycles. The van der Waals surface area contributed by atoms with Crippen molar-refractivity contribution >= 4 is 15.7 Å². The summed E-state index contributed by atoms with van der Waals surface area (Å²) in [6.07, 6.45) is 1.82. The number of nitrogens with two attached hydrogens (primary N) is 1. The molecule has 0 spiro atoms. The first-order valence-corrected chi connectivity index (χ1v) is 7.78. The molecule has 0 aromatic heterocycles. The number of sulfonamides is 1. The average Bonchev–Trinajstić information content (AvgIpc) is 2.34. The lowest BCUT2D eigenvalue weighted by Crippen LogP contribution is -2.25. The molecule has 1 aromatic rings. The number of nitrogens with one attached hydrogen (secondary N) is 1. The Bertz CT molecular complexity index is 513. The van der Waals surface area contributed by atoms with Gasteiger partial charge >= 0.3 is 0 Å². The molecule has 1 aromatic carbocycles. The topological polar surface area (TPSA) is 81.4 Å². The first-order chi connectivity index (χ1) is 8.86. The first-order valence-electron chi connectivity index (χ1n) is 6.30. The molecule has 19 heavy (non-hydrogen) atoms. The third-order valence-electron chi connectivity index (χ3n) is 2.76. The van der Waals surface area contributed by atoms with E-state index in [9.17, 15) is 8.42 Å². The van der Waals surface area contributed by atoms with Gasteiger partial charge in [0.2, 0.25) is 10.0 Å². The van der Waals surface area contributed by atoms with E-state index in [-0.39, 0.29) is 4.90 Å². The van der Waals surface area contributed by atoms with E-state index in [1.54, 1.807) is 6.07 Å². The van der Waals surface area contributed by atoms with Crippen molar-refractivity contribution in [2.24, 2.45) is 5.92 Å². The lowest BCUT2D eigenvalue weighted by Gasteiger charge is -2.10. The van der Waals surface area contributed by atoms with E-state index in [0.717, 1.165) is 12.8 Å². The maximum Gasteiger partial charge on any atom is 0.240 e. The quantitative estimate of drug-likeness (QED) is 0.593. The molecule has 0 amide bonds. The van der Waals surface area contributed by atoms with Crippen molar-refractivity contribution in [2.75, 3.05) is 19.4 Å². The summed E-state index contributed by atoms with van der Waals surface area (Å²) in [5.74, 6) is 1.04. The van der Waals surface area contributed by atoms with Crippen LogP contribution in [0.3, 0.4) is 0 Å². The van der Waals surface area contributed by atoms with Crippen molar-refractivity contribution in [3.05, 3.63) is 18.2 Å². The largest absolute Gasteiger partial charge is 0.495 e. The van der Waals surface area contributed by atoms with Gasteiger partial charge in [-0.25, -0.2) is 13.1 Å². The van der Waals surface area contributed by atoms with Crippen molar-refractivity contribution in [1.29, 1.82) is 0 Å². The molecule has 0 bridgehead atoms. The number of methoxy groups -OCH3 is 1. The summed E-state index contributed by atoms with van der Waals surface area (Å²) in [5, 5.41) is 0. The van der Waals surface area contributed by atoms with Crippen LogP contribution >= 0.6 is 0 Å². The van der Waals surface area contributed by atoms with Gasteiger partial charge in [-0.2, -0.15) is 0 Å². The Morgan fingerprint density at radius 3 is 2.58 bits per heavy atom. The monoisotopic (exact) mass is 286 g/mol. The van der Waals surface area contributed by atoms with E-state index in [1.165, 1.54) is 19.2 Å². The third-order valence-corrected chi connectivity index (χ3v) is 4.22. The number of nitrogen functional groups attached to an aromatic ring is 1. The van der Waals surface area contributed by atoms with E-state index in [0.29, 0.717) is 23.9 Å². The lowest BCUT2D eigenvalue weighted by atomic mass is 10.1. The van der Waals surface area contributed by atoms with Crippen LogP contribution in [0.25, 0.3) is 0 Å². The van der Waals surface area contributed by atoms with E-state index in [4.69, 9.17) is 10.5 Å². The van der Waals surface area contributed by atoms with Crippen LogP contribution < -0.4 is 15.2 Å². The minimum atomic E-state index is -3.49. The molecule has 1 rings (SSSR count). The Morgan fingerprint density at radius 1 is 1.37 bits per heavy atom. The van der Waals surface area contributed by atoms with Crippen LogP contribution in [0.2, 0.25) is 0 Å². The fraction of sp³-hybridized carbons (Fsp3) is 0.538. The SMILES string of the molecule is COc1ccc(S(=O)(=O)NCCCC(C)C)cc1N. The zero-order chi connectivity index (χ0) is 14.5. The summed E-state index contributed by atoms with van der Waals surface area (Å²) in [7, 11) is -2.00. The number of rotatable bonds is 7. The predicted octanol–water partition coefficient (Wildman–Crippen LogP) is 1.99. The second kappa shape index (κ2) is 6.77. The van der Waals surface area contributed by atoms with Gasteiger partial charge < -0.3 is 10.5 Å². The maximum absolute atomic E-state index is 12.0. The summed E-state index contributed by atoms with van der Waals surface area (Å²) in [6.45, 7) is 4.66. The lowest BCUT2D eigenvalue weighted by molar-refractivity contribution is 0.416. The van der Waals surface area contributed by atoms with Gasteiger partial charge in [0.25, 0.3) is 0 Å². The van der Waals surface area contributed by atoms with Crippen LogP contribution in [0.1, 0.15) is 26.7 Å². The molecule has 0 fully saturated rings. The Morgan fingerprint density at radius 2 is 2.05 bits per heavy atom. The Labute approximate surface area is 115 Å². The Balaban J connectivity index is 2.69. The molecule has 108 valence electrons. The Kier molecular flexibility index (Phi) is 5.62. The van der Waals surface area contributed by atoms with Crippen LogP contribution in [0.15, 0.2) is 23.1 Å². The standard InChI is InChI=1S/C13H22N2O3S/c1-10(2)5-4-8-15-19(16,17)11-6-7-13(18-3)12(14)9-11/h6-7,9-10,15H,4-5,8,14H2,1-3H3. The van der Waals surface area contributed by atoms with Gasteiger partial charge in [0.15, 0.2) is 0 Å². The molecule has 0 atom stereocenters. The molecule has 0 radical (unpaired) electrons. The molecule has 0 saturated carbocycles. The van der Waals surface area contributed by atoms with Crippen molar-refractivity contribution in [2.45, 2.75) is 31.6 Å². The van der Waals surface area contributed by atoms with Crippen LogP contribution in [0.5, 0.6) is 5.75 Å². The number of hydrogen-bond acceptors (Lipinski definition) is 4. The highest BCUT2D eigenvalue weighted by Crippen LogP contribution is 2.24. The number of hydrogen-bond donors (Lipinski definition) is 2. The van der Waals surface area contributed by atoms with E-state index in [2.05, 4.69) is 18.6 Å². The van der Waals surface area contributed by atoms with E-state index >= 15 is 0 Å². The van der Waals surface area contributed by atoms with Crippen LogP contribution in [-0.2, 0) is 10.0 Å². The van der Waals surface area contributed by atoms with Crippen molar-refractivity contribution < 1.29 is 13.2 Å². The van der Waals surface area contributed by atoms with Gasteiger partial charge in [0.1, 0.15) is 5.75 Å². The first kappa shape index (κ1) is 15.8. The number of anilines is 1. The Hall–Kier alpha value is -1.27. The summed E-state index contributed by atoms with van der Waals surface area (Å²) in [6, 6.07) is 4.45. The average molecular weight is 286 g/mol. The molecular formula is C13H22N2O3S.